The van der Waals surface area contributed by atoms with E-state index in [0.717, 1.165) is 18.1 Å². The minimum Gasteiger partial charge on any atom is -0.474 e. The normalized spacial score (nSPS) is 21.4. The summed E-state index contributed by atoms with van der Waals surface area (Å²) in [6.45, 7) is 0.754. The van der Waals surface area contributed by atoms with Crippen molar-refractivity contribution < 1.29 is 4.74 Å². The van der Waals surface area contributed by atoms with E-state index in [9.17, 15) is 0 Å². The number of fused-ring (bicyclic) bond motifs is 1. The first-order chi connectivity index (χ1) is 5.36. The molecule has 1 atom stereocenters. The van der Waals surface area contributed by atoms with Gasteiger partial charge in [0.1, 0.15) is 0 Å². The van der Waals surface area contributed by atoms with Crippen LogP contribution in [0.2, 0.25) is 0 Å². The zero-order valence-corrected chi connectivity index (χ0v) is 7.34. The van der Waals surface area contributed by atoms with Crippen molar-refractivity contribution in [2.75, 3.05) is 11.9 Å². The number of alkyl halides is 1. The number of anilines is 1. The predicted molar refractivity (Wildman–Crippen MR) is 46.1 cm³/mol. The molecule has 11 heavy (non-hydrogen) atoms. The lowest BCUT2D eigenvalue weighted by Crippen LogP contribution is -2.25. The Labute approximate surface area is 72.9 Å². The zero-order chi connectivity index (χ0) is 7.68. The Hall–Kier alpha value is -0.770. The molecule has 1 aromatic rings. The van der Waals surface area contributed by atoms with Gasteiger partial charge in [-0.15, -0.1) is 0 Å². The molecule has 0 bridgehead atoms. The van der Waals surface area contributed by atoms with Gasteiger partial charge >= 0.3 is 0 Å². The summed E-state index contributed by atoms with van der Waals surface area (Å²) < 4.78 is 5.42. The fourth-order valence-corrected chi connectivity index (χ4v) is 1.34. The van der Waals surface area contributed by atoms with Crippen LogP contribution in [0.3, 0.4) is 0 Å². The number of hydrogen-bond acceptors (Lipinski definition) is 3. The Kier molecular flexibility index (Phi) is 1.69. The van der Waals surface area contributed by atoms with Gasteiger partial charge in [-0.3, -0.25) is 0 Å². The molecule has 1 aliphatic rings. The molecule has 0 saturated heterocycles. The molecule has 0 saturated carbocycles. The van der Waals surface area contributed by atoms with E-state index in [0.29, 0.717) is 0 Å². The SMILES string of the molecule is BrC1CNc2ncccc2O1. The van der Waals surface area contributed by atoms with Crippen molar-refractivity contribution in [3.05, 3.63) is 18.3 Å². The summed E-state index contributed by atoms with van der Waals surface area (Å²) in [5.41, 5.74) is 0. The third-order valence-electron chi connectivity index (χ3n) is 1.46. The van der Waals surface area contributed by atoms with Crippen LogP contribution in [-0.4, -0.2) is 16.5 Å². The van der Waals surface area contributed by atoms with Crippen LogP contribution in [0.25, 0.3) is 0 Å². The summed E-state index contributed by atoms with van der Waals surface area (Å²) in [5.74, 6) is 1.63. The number of hydrogen-bond donors (Lipinski definition) is 1. The van der Waals surface area contributed by atoms with Crippen LogP contribution in [0, 0.1) is 0 Å². The van der Waals surface area contributed by atoms with Crippen molar-refractivity contribution in [2.24, 2.45) is 0 Å². The van der Waals surface area contributed by atoms with Gasteiger partial charge in [0, 0.05) is 6.20 Å². The average Bonchev–Trinajstić information content (AvgIpc) is 2.04. The molecular weight excluding hydrogens is 208 g/mol. The lowest BCUT2D eigenvalue weighted by molar-refractivity contribution is 0.295. The summed E-state index contributed by atoms with van der Waals surface area (Å²) >= 11 is 3.35. The first-order valence-corrected chi connectivity index (χ1v) is 4.27. The Bertz CT molecular complexity index is 266. The molecule has 0 radical (unpaired) electrons. The highest BCUT2D eigenvalue weighted by Gasteiger charge is 2.15. The Morgan fingerprint density at radius 1 is 1.73 bits per heavy atom. The molecule has 0 fully saturated rings. The molecule has 1 aromatic heterocycles. The van der Waals surface area contributed by atoms with Crippen LogP contribution < -0.4 is 10.1 Å². The van der Waals surface area contributed by atoms with Crippen LogP contribution >= 0.6 is 15.9 Å². The fourth-order valence-electron chi connectivity index (χ4n) is 0.975. The number of nitrogens with one attached hydrogen (secondary N) is 1. The van der Waals surface area contributed by atoms with Crippen molar-refractivity contribution in [1.82, 2.24) is 4.98 Å². The van der Waals surface area contributed by atoms with Gasteiger partial charge in [-0.2, -0.15) is 0 Å². The van der Waals surface area contributed by atoms with Gasteiger partial charge in [-0.1, -0.05) is 0 Å². The van der Waals surface area contributed by atoms with E-state index in [1.54, 1.807) is 6.20 Å². The maximum Gasteiger partial charge on any atom is 0.170 e. The molecule has 58 valence electrons. The van der Waals surface area contributed by atoms with Gasteiger partial charge < -0.3 is 10.1 Å². The van der Waals surface area contributed by atoms with Crippen molar-refractivity contribution in [1.29, 1.82) is 0 Å². The molecular formula is C7H7BrN2O. The van der Waals surface area contributed by atoms with Crippen molar-refractivity contribution >= 4 is 21.7 Å². The Morgan fingerprint density at radius 2 is 2.64 bits per heavy atom. The largest absolute Gasteiger partial charge is 0.474 e. The van der Waals surface area contributed by atoms with E-state index in [1.165, 1.54) is 0 Å². The molecule has 2 heterocycles. The molecule has 0 amide bonds. The fraction of sp³-hybridized carbons (Fsp3) is 0.286. The Balaban J connectivity index is 2.34. The second-order valence-corrected chi connectivity index (χ2v) is 3.28. The summed E-state index contributed by atoms with van der Waals surface area (Å²) in [5, 5.41) is 3.18. The molecule has 1 aliphatic heterocycles. The van der Waals surface area contributed by atoms with Crippen LogP contribution in [0.4, 0.5) is 5.82 Å². The highest BCUT2D eigenvalue weighted by Crippen LogP contribution is 2.27. The molecule has 3 nitrogen and oxygen atoms in total. The highest BCUT2D eigenvalue weighted by molar-refractivity contribution is 9.09. The summed E-state index contributed by atoms with van der Waals surface area (Å²) in [6, 6.07) is 3.74. The molecule has 1 unspecified atom stereocenters. The number of halogens is 1. The third kappa shape index (κ3) is 1.30. The molecule has 1 N–H and O–H groups in total. The van der Waals surface area contributed by atoms with E-state index in [4.69, 9.17) is 4.74 Å². The molecule has 0 spiro atoms. The van der Waals surface area contributed by atoms with Gasteiger partial charge in [0.15, 0.2) is 16.6 Å². The highest BCUT2D eigenvalue weighted by atomic mass is 79.9. The summed E-state index contributed by atoms with van der Waals surface area (Å²) in [4.78, 5) is 4.10. The van der Waals surface area contributed by atoms with Crippen molar-refractivity contribution in [2.45, 2.75) is 5.01 Å². The summed E-state index contributed by atoms with van der Waals surface area (Å²) in [7, 11) is 0. The molecule has 0 aromatic carbocycles. The number of aromatic nitrogens is 1. The second kappa shape index (κ2) is 2.70. The minimum atomic E-state index is 0.0548. The van der Waals surface area contributed by atoms with Crippen LogP contribution in [-0.2, 0) is 0 Å². The van der Waals surface area contributed by atoms with E-state index < -0.39 is 0 Å². The van der Waals surface area contributed by atoms with E-state index >= 15 is 0 Å². The predicted octanol–water partition coefficient (Wildman–Crippen LogP) is 1.61. The van der Waals surface area contributed by atoms with Crippen LogP contribution in [0.15, 0.2) is 18.3 Å². The zero-order valence-electron chi connectivity index (χ0n) is 5.75. The van der Waals surface area contributed by atoms with Gasteiger partial charge in [-0.25, -0.2) is 4.98 Å². The van der Waals surface area contributed by atoms with E-state index in [-0.39, 0.29) is 5.01 Å². The lowest BCUT2D eigenvalue weighted by atomic mass is 10.4. The number of rotatable bonds is 0. The topological polar surface area (TPSA) is 34.2 Å². The maximum atomic E-state index is 5.42. The van der Waals surface area contributed by atoms with Crippen LogP contribution in [0.1, 0.15) is 0 Å². The van der Waals surface area contributed by atoms with Crippen molar-refractivity contribution in [3.8, 4) is 5.75 Å². The average molecular weight is 215 g/mol. The number of nitrogens with zero attached hydrogens (tertiary/aromatic N) is 1. The van der Waals surface area contributed by atoms with Crippen molar-refractivity contribution in [3.63, 3.8) is 0 Å². The van der Waals surface area contributed by atoms with E-state index in [1.807, 2.05) is 12.1 Å². The van der Waals surface area contributed by atoms with Gasteiger partial charge in [0.25, 0.3) is 0 Å². The molecule has 2 rings (SSSR count). The van der Waals surface area contributed by atoms with Gasteiger partial charge in [0.2, 0.25) is 0 Å². The quantitative estimate of drug-likeness (QED) is 0.667. The smallest absolute Gasteiger partial charge is 0.170 e. The van der Waals surface area contributed by atoms with E-state index in [2.05, 4.69) is 26.2 Å². The minimum absolute atomic E-state index is 0.0548. The van der Waals surface area contributed by atoms with Crippen LogP contribution in [0.5, 0.6) is 5.75 Å². The first-order valence-electron chi connectivity index (χ1n) is 3.36. The standard InChI is InChI=1S/C7H7BrN2O/c8-6-4-10-7-5(11-6)2-1-3-9-7/h1-3,6H,4H2,(H,9,10). The Morgan fingerprint density at radius 3 is 3.55 bits per heavy atom. The monoisotopic (exact) mass is 214 g/mol. The maximum absolute atomic E-state index is 5.42. The molecule has 0 aliphatic carbocycles. The lowest BCUT2D eigenvalue weighted by Gasteiger charge is -2.21. The summed E-state index contributed by atoms with van der Waals surface area (Å²) in [6.07, 6.45) is 1.74. The number of ether oxygens (including phenoxy) is 1. The molecule has 4 heteroatoms. The second-order valence-electron chi connectivity index (χ2n) is 2.26. The van der Waals surface area contributed by atoms with Gasteiger partial charge in [-0.05, 0) is 28.1 Å². The first kappa shape index (κ1) is 6.91. The third-order valence-corrected chi connectivity index (χ3v) is 1.97. The van der Waals surface area contributed by atoms with Gasteiger partial charge in [0.05, 0.1) is 6.54 Å². The number of pyridine rings is 1.